The zero-order chi connectivity index (χ0) is 17.4. The highest BCUT2D eigenvalue weighted by molar-refractivity contribution is 7.98. The van der Waals surface area contributed by atoms with Gasteiger partial charge in [0.05, 0.1) is 6.04 Å². The van der Waals surface area contributed by atoms with Crippen LogP contribution in [-0.4, -0.2) is 60.3 Å². The molecule has 5 nitrogen and oxygen atoms in total. The van der Waals surface area contributed by atoms with Crippen molar-refractivity contribution in [3.05, 3.63) is 35.4 Å². The Morgan fingerprint density at radius 3 is 2.30 bits per heavy atom. The van der Waals surface area contributed by atoms with E-state index >= 15 is 0 Å². The first-order chi connectivity index (χ1) is 10.9. The number of thioether (sulfide) groups is 1. The van der Waals surface area contributed by atoms with E-state index in [1.807, 2.05) is 25.3 Å². The average Bonchev–Trinajstić information content (AvgIpc) is 2.56. The van der Waals surface area contributed by atoms with Crippen LogP contribution < -0.4 is 5.73 Å². The third-order valence-electron chi connectivity index (χ3n) is 3.62. The number of rotatable bonds is 8. The van der Waals surface area contributed by atoms with Gasteiger partial charge in [-0.05, 0) is 43.0 Å². The molecule has 1 rings (SSSR count). The normalized spacial score (nSPS) is 11.9. The van der Waals surface area contributed by atoms with Gasteiger partial charge in [-0.15, -0.1) is 0 Å². The van der Waals surface area contributed by atoms with Crippen molar-refractivity contribution in [2.24, 2.45) is 5.73 Å². The van der Waals surface area contributed by atoms with Crippen LogP contribution in [0.25, 0.3) is 0 Å². The predicted molar refractivity (Wildman–Crippen MR) is 96.5 cm³/mol. The maximum atomic E-state index is 12.4. The predicted octanol–water partition coefficient (Wildman–Crippen LogP) is 1.82. The van der Waals surface area contributed by atoms with Crippen LogP contribution in [0.3, 0.4) is 0 Å². The second-order valence-electron chi connectivity index (χ2n) is 5.64. The number of hydrogen-bond acceptors (Lipinski definition) is 4. The largest absolute Gasteiger partial charge is 0.345 e. The fourth-order valence-corrected chi connectivity index (χ4v) is 2.67. The molecular weight excluding hydrogens is 310 g/mol. The molecule has 23 heavy (non-hydrogen) atoms. The van der Waals surface area contributed by atoms with Gasteiger partial charge in [0.15, 0.2) is 0 Å². The lowest BCUT2D eigenvalue weighted by Crippen LogP contribution is -2.43. The van der Waals surface area contributed by atoms with Crippen LogP contribution >= 0.6 is 11.8 Å². The van der Waals surface area contributed by atoms with Gasteiger partial charge in [-0.2, -0.15) is 11.8 Å². The minimum absolute atomic E-state index is 0.0185. The van der Waals surface area contributed by atoms with Crippen molar-refractivity contribution >= 4 is 23.6 Å². The van der Waals surface area contributed by atoms with Crippen LogP contribution in [-0.2, 0) is 11.3 Å². The molecule has 2 N–H and O–H groups in total. The lowest BCUT2D eigenvalue weighted by atomic mass is 10.1. The Bertz CT molecular complexity index is 517. The van der Waals surface area contributed by atoms with Crippen molar-refractivity contribution < 1.29 is 9.59 Å². The minimum atomic E-state index is -0.447. The monoisotopic (exact) mass is 337 g/mol. The Labute approximate surface area is 143 Å². The molecule has 2 amide bonds. The molecule has 0 spiro atoms. The van der Waals surface area contributed by atoms with Gasteiger partial charge in [-0.3, -0.25) is 9.59 Å². The molecule has 0 radical (unpaired) electrons. The van der Waals surface area contributed by atoms with Crippen molar-refractivity contribution in [2.75, 3.05) is 32.6 Å². The molecule has 0 saturated carbocycles. The van der Waals surface area contributed by atoms with Crippen LogP contribution in [0.15, 0.2) is 24.3 Å². The van der Waals surface area contributed by atoms with Gasteiger partial charge in [0, 0.05) is 32.7 Å². The summed E-state index contributed by atoms with van der Waals surface area (Å²) in [5.41, 5.74) is 7.61. The Morgan fingerprint density at radius 1 is 1.22 bits per heavy atom. The third kappa shape index (κ3) is 5.88. The number of likely N-dealkylation sites (N-methyl/N-ethyl adjacent to an activating group) is 1. The summed E-state index contributed by atoms with van der Waals surface area (Å²) in [6, 6.07) is 6.92. The van der Waals surface area contributed by atoms with E-state index in [1.54, 1.807) is 47.8 Å². The molecule has 0 aliphatic heterocycles. The lowest BCUT2D eigenvalue weighted by Gasteiger charge is -2.24. The van der Waals surface area contributed by atoms with Gasteiger partial charge in [0.1, 0.15) is 0 Å². The molecule has 0 bridgehead atoms. The molecule has 0 unspecified atom stereocenters. The fraction of sp³-hybridized carbons (Fsp3) is 0.529. The molecule has 0 aromatic heterocycles. The summed E-state index contributed by atoms with van der Waals surface area (Å²) >= 11 is 1.69. The highest BCUT2D eigenvalue weighted by Gasteiger charge is 2.19. The Morgan fingerprint density at radius 2 is 1.83 bits per heavy atom. The summed E-state index contributed by atoms with van der Waals surface area (Å²) < 4.78 is 0. The maximum Gasteiger partial charge on any atom is 0.253 e. The van der Waals surface area contributed by atoms with Crippen molar-refractivity contribution in [3.63, 3.8) is 0 Å². The zero-order valence-electron chi connectivity index (χ0n) is 14.4. The van der Waals surface area contributed by atoms with Crippen molar-refractivity contribution in [2.45, 2.75) is 25.9 Å². The van der Waals surface area contributed by atoms with Gasteiger partial charge < -0.3 is 15.5 Å². The average molecular weight is 337 g/mol. The van der Waals surface area contributed by atoms with Crippen molar-refractivity contribution in [3.8, 4) is 0 Å². The molecule has 0 heterocycles. The second kappa shape index (κ2) is 9.57. The van der Waals surface area contributed by atoms with Crippen LogP contribution in [0.1, 0.15) is 29.3 Å². The van der Waals surface area contributed by atoms with Crippen LogP contribution in [0.2, 0.25) is 0 Å². The van der Waals surface area contributed by atoms with E-state index in [0.29, 0.717) is 25.1 Å². The Balaban J connectivity index is 2.72. The second-order valence-corrected chi connectivity index (χ2v) is 6.62. The molecular formula is C17H27N3O2S. The molecule has 0 aliphatic rings. The van der Waals surface area contributed by atoms with E-state index in [9.17, 15) is 9.59 Å². The van der Waals surface area contributed by atoms with Crippen LogP contribution in [0, 0.1) is 0 Å². The summed E-state index contributed by atoms with van der Waals surface area (Å²) in [5, 5.41) is 0. The SMILES string of the molecule is CCN(Cc1ccc(C(=O)N(C)C)cc1)C(=O)[C@@H](N)CCSC. The number of carbonyl (C=O) groups excluding carboxylic acids is 2. The summed E-state index contributed by atoms with van der Waals surface area (Å²) in [5.74, 6) is 0.834. The first-order valence-electron chi connectivity index (χ1n) is 7.74. The summed E-state index contributed by atoms with van der Waals surface area (Å²) in [6.45, 7) is 3.08. The van der Waals surface area contributed by atoms with E-state index < -0.39 is 6.04 Å². The number of nitrogens with two attached hydrogens (primary N) is 1. The van der Waals surface area contributed by atoms with E-state index in [4.69, 9.17) is 5.73 Å². The number of amides is 2. The van der Waals surface area contributed by atoms with Crippen LogP contribution in [0.4, 0.5) is 0 Å². The topological polar surface area (TPSA) is 66.6 Å². The molecule has 128 valence electrons. The quantitative estimate of drug-likeness (QED) is 0.786. The first kappa shape index (κ1) is 19.5. The molecule has 0 fully saturated rings. The van der Waals surface area contributed by atoms with Gasteiger partial charge in [0.25, 0.3) is 5.91 Å². The summed E-state index contributed by atoms with van der Waals surface area (Å²) in [4.78, 5) is 27.6. The van der Waals surface area contributed by atoms with Crippen molar-refractivity contribution in [1.82, 2.24) is 9.80 Å². The minimum Gasteiger partial charge on any atom is -0.345 e. The fourth-order valence-electron chi connectivity index (χ4n) is 2.18. The zero-order valence-corrected chi connectivity index (χ0v) is 15.2. The molecule has 1 atom stereocenters. The van der Waals surface area contributed by atoms with E-state index in [0.717, 1.165) is 11.3 Å². The smallest absolute Gasteiger partial charge is 0.253 e. The van der Waals surface area contributed by atoms with E-state index in [1.165, 1.54) is 0 Å². The number of carbonyl (C=O) groups is 2. The Kier molecular flexibility index (Phi) is 8.12. The van der Waals surface area contributed by atoms with Gasteiger partial charge in [-0.1, -0.05) is 12.1 Å². The van der Waals surface area contributed by atoms with Gasteiger partial charge >= 0.3 is 0 Å². The maximum absolute atomic E-state index is 12.4. The van der Waals surface area contributed by atoms with Crippen LogP contribution in [0.5, 0.6) is 0 Å². The van der Waals surface area contributed by atoms with Gasteiger partial charge in [-0.25, -0.2) is 0 Å². The van der Waals surface area contributed by atoms with E-state index in [2.05, 4.69) is 0 Å². The number of benzene rings is 1. The number of nitrogens with zero attached hydrogens (tertiary/aromatic N) is 2. The summed E-state index contributed by atoms with van der Waals surface area (Å²) in [7, 11) is 3.45. The first-order valence-corrected chi connectivity index (χ1v) is 9.14. The van der Waals surface area contributed by atoms with Gasteiger partial charge in [0.2, 0.25) is 5.91 Å². The Hall–Kier alpha value is -1.53. The van der Waals surface area contributed by atoms with Crippen molar-refractivity contribution in [1.29, 1.82) is 0 Å². The molecule has 6 heteroatoms. The highest BCUT2D eigenvalue weighted by atomic mass is 32.2. The number of hydrogen-bond donors (Lipinski definition) is 1. The molecule has 0 aliphatic carbocycles. The molecule has 1 aromatic carbocycles. The highest BCUT2D eigenvalue weighted by Crippen LogP contribution is 2.11. The third-order valence-corrected chi connectivity index (χ3v) is 4.27. The molecule has 0 saturated heterocycles. The lowest BCUT2D eigenvalue weighted by molar-refractivity contribution is -0.133. The molecule has 1 aromatic rings. The summed E-state index contributed by atoms with van der Waals surface area (Å²) in [6.07, 6.45) is 2.69. The standard InChI is InChI=1S/C17H27N3O2S/c1-5-20(17(22)15(18)10-11-23-4)12-13-6-8-14(9-7-13)16(21)19(2)3/h6-9,15H,5,10-12,18H2,1-4H3/t15-/m0/s1. The van der Waals surface area contributed by atoms with E-state index in [-0.39, 0.29) is 11.8 Å².